The first-order valence-corrected chi connectivity index (χ1v) is 9.59. The van der Waals surface area contributed by atoms with Gasteiger partial charge in [-0.25, -0.2) is 9.98 Å². The molecular weight excluding hydrogens is 306 g/mol. The lowest BCUT2D eigenvalue weighted by Gasteiger charge is -2.17. The van der Waals surface area contributed by atoms with E-state index in [1.807, 2.05) is 0 Å². The molecule has 1 aromatic rings. The van der Waals surface area contributed by atoms with Crippen LogP contribution in [0.4, 0.5) is 0 Å². The second kappa shape index (κ2) is 11.4. The van der Waals surface area contributed by atoms with E-state index in [-0.39, 0.29) is 0 Å². The van der Waals surface area contributed by atoms with E-state index < -0.39 is 0 Å². The first kappa shape index (κ1) is 19.9. The third-order valence-corrected chi connectivity index (χ3v) is 4.94. The molecule has 23 heavy (non-hydrogen) atoms. The first-order valence-electron chi connectivity index (χ1n) is 8.78. The van der Waals surface area contributed by atoms with E-state index in [0.29, 0.717) is 6.54 Å². The average molecular weight is 340 g/mol. The van der Waals surface area contributed by atoms with Gasteiger partial charge in [-0.15, -0.1) is 11.3 Å². The summed E-state index contributed by atoms with van der Waals surface area (Å²) in [6.45, 7) is 16.6. The van der Waals surface area contributed by atoms with E-state index in [1.165, 1.54) is 17.8 Å². The third kappa shape index (κ3) is 7.79. The van der Waals surface area contributed by atoms with Crippen LogP contribution in [0.5, 0.6) is 0 Å². The largest absolute Gasteiger partial charge is 0.357 e. The number of nitrogens with one attached hydrogen (secondary N) is 2. The normalized spacial score (nSPS) is 12.0. The van der Waals surface area contributed by atoms with Gasteiger partial charge in [-0.2, -0.15) is 0 Å². The molecule has 0 fully saturated rings. The maximum Gasteiger partial charge on any atom is 0.191 e. The lowest BCUT2D eigenvalue weighted by atomic mass is 10.3. The van der Waals surface area contributed by atoms with Crippen molar-refractivity contribution in [3.63, 3.8) is 0 Å². The summed E-state index contributed by atoms with van der Waals surface area (Å²) in [5, 5.41) is 7.80. The summed E-state index contributed by atoms with van der Waals surface area (Å²) in [5.41, 5.74) is 1.12. The lowest BCUT2D eigenvalue weighted by Crippen LogP contribution is -2.38. The molecule has 2 N–H and O–H groups in total. The molecule has 1 rings (SSSR count). The molecule has 0 aliphatic rings. The van der Waals surface area contributed by atoms with Crippen molar-refractivity contribution in [3.05, 3.63) is 15.6 Å². The third-order valence-electron chi connectivity index (χ3n) is 3.88. The zero-order valence-corrected chi connectivity index (χ0v) is 16.2. The fraction of sp³-hybridized carbons (Fsp3) is 0.765. The molecule has 1 aromatic heterocycles. The highest BCUT2D eigenvalue weighted by molar-refractivity contribution is 7.11. The smallest absolute Gasteiger partial charge is 0.191 e. The molecule has 0 unspecified atom stereocenters. The van der Waals surface area contributed by atoms with Crippen molar-refractivity contribution in [1.82, 2.24) is 20.5 Å². The van der Waals surface area contributed by atoms with Crippen LogP contribution in [0.25, 0.3) is 0 Å². The van der Waals surface area contributed by atoms with Crippen molar-refractivity contribution in [2.75, 3.05) is 32.7 Å². The molecule has 0 saturated heterocycles. The minimum Gasteiger partial charge on any atom is -0.357 e. The summed E-state index contributed by atoms with van der Waals surface area (Å²) in [4.78, 5) is 12.9. The van der Waals surface area contributed by atoms with Gasteiger partial charge in [0.25, 0.3) is 0 Å². The van der Waals surface area contributed by atoms with Crippen molar-refractivity contribution >= 4 is 17.3 Å². The molecule has 0 atom stereocenters. The molecule has 6 heteroatoms. The van der Waals surface area contributed by atoms with E-state index in [4.69, 9.17) is 0 Å². The number of aromatic nitrogens is 1. The molecular formula is C17H33N5S. The van der Waals surface area contributed by atoms with Crippen molar-refractivity contribution in [2.24, 2.45) is 4.99 Å². The Morgan fingerprint density at radius 1 is 1.13 bits per heavy atom. The van der Waals surface area contributed by atoms with Crippen LogP contribution < -0.4 is 10.6 Å². The van der Waals surface area contributed by atoms with Crippen molar-refractivity contribution < 1.29 is 0 Å². The summed E-state index contributed by atoms with van der Waals surface area (Å²) in [7, 11) is 0. The van der Waals surface area contributed by atoms with Crippen LogP contribution in [0, 0.1) is 13.8 Å². The van der Waals surface area contributed by atoms with Gasteiger partial charge in [0.1, 0.15) is 5.01 Å². The van der Waals surface area contributed by atoms with Crippen LogP contribution >= 0.6 is 11.3 Å². The number of hydrogen-bond acceptors (Lipinski definition) is 4. The lowest BCUT2D eigenvalue weighted by molar-refractivity contribution is 0.297. The topological polar surface area (TPSA) is 52.6 Å². The Morgan fingerprint density at radius 2 is 1.87 bits per heavy atom. The first-order chi connectivity index (χ1) is 11.1. The molecule has 5 nitrogen and oxygen atoms in total. The van der Waals surface area contributed by atoms with Crippen LogP contribution in [0.3, 0.4) is 0 Å². The molecule has 0 aromatic carbocycles. The van der Waals surface area contributed by atoms with Crippen LogP contribution in [0.1, 0.15) is 49.2 Å². The SMILES string of the molecule is CCNC(=NCc1nc(C)c(C)s1)NCCCCN(CC)CC. The number of thiazole rings is 1. The molecule has 0 saturated carbocycles. The minimum absolute atomic E-state index is 0.647. The van der Waals surface area contributed by atoms with Gasteiger partial charge < -0.3 is 15.5 Å². The zero-order valence-electron chi connectivity index (χ0n) is 15.4. The van der Waals surface area contributed by atoms with Gasteiger partial charge >= 0.3 is 0 Å². The maximum absolute atomic E-state index is 4.64. The van der Waals surface area contributed by atoms with Gasteiger partial charge in [0.05, 0.1) is 12.2 Å². The van der Waals surface area contributed by atoms with Gasteiger partial charge in [-0.05, 0) is 53.2 Å². The molecule has 0 aliphatic heterocycles. The Morgan fingerprint density at radius 3 is 2.43 bits per heavy atom. The van der Waals surface area contributed by atoms with Crippen LogP contribution in [0.2, 0.25) is 0 Å². The number of aliphatic imine (C=N–C) groups is 1. The second-order valence-electron chi connectivity index (χ2n) is 5.61. The van der Waals surface area contributed by atoms with Crippen LogP contribution in [-0.2, 0) is 6.54 Å². The van der Waals surface area contributed by atoms with Crippen molar-refractivity contribution in [1.29, 1.82) is 0 Å². The Kier molecular flexibility index (Phi) is 9.87. The van der Waals surface area contributed by atoms with E-state index in [1.54, 1.807) is 11.3 Å². The minimum atomic E-state index is 0.647. The Labute approximate surface area is 145 Å². The average Bonchev–Trinajstić information content (AvgIpc) is 2.86. The maximum atomic E-state index is 4.64. The zero-order chi connectivity index (χ0) is 17.1. The fourth-order valence-corrected chi connectivity index (χ4v) is 3.16. The van der Waals surface area contributed by atoms with E-state index in [0.717, 1.165) is 49.3 Å². The highest BCUT2D eigenvalue weighted by atomic mass is 32.1. The van der Waals surface area contributed by atoms with Gasteiger partial charge in [-0.1, -0.05) is 13.8 Å². The molecule has 0 amide bonds. The molecule has 0 radical (unpaired) electrons. The van der Waals surface area contributed by atoms with Gasteiger partial charge in [0, 0.05) is 18.0 Å². The number of rotatable bonds is 10. The number of guanidine groups is 1. The monoisotopic (exact) mass is 339 g/mol. The Hall–Kier alpha value is -1.14. The number of unbranched alkanes of at least 4 members (excludes halogenated alkanes) is 1. The van der Waals surface area contributed by atoms with Gasteiger partial charge in [-0.3, -0.25) is 0 Å². The summed E-state index contributed by atoms with van der Waals surface area (Å²) in [6, 6.07) is 0. The quantitative estimate of drug-likeness (QED) is 0.391. The highest BCUT2D eigenvalue weighted by Gasteiger charge is 2.04. The summed E-state index contributed by atoms with van der Waals surface area (Å²) < 4.78 is 0. The molecule has 0 aliphatic carbocycles. The van der Waals surface area contributed by atoms with Crippen LogP contribution in [0.15, 0.2) is 4.99 Å². The van der Waals surface area contributed by atoms with Crippen LogP contribution in [-0.4, -0.2) is 48.6 Å². The summed E-state index contributed by atoms with van der Waals surface area (Å²) >= 11 is 1.74. The van der Waals surface area contributed by atoms with Gasteiger partial charge in [0.2, 0.25) is 0 Å². The fourth-order valence-electron chi connectivity index (χ4n) is 2.30. The molecule has 0 spiro atoms. The summed E-state index contributed by atoms with van der Waals surface area (Å²) in [6.07, 6.45) is 2.38. The van der Waals surface area contributed by atoms with Crippen molar-refractivity contribution in [2.45, 2.75) is 54.0 Å². The van der Waals surface area contributed by atoms with E-state index in [2.05, 4.69) is 60.1 Å². The van der Waals surface area contributed by atoms with Gasteiger partial charge in [0.15, 0.2) is 5.96 Å². The number of hydrogen-bond donors (Lipinski definition) is 2. The number of aryl methyl sites for hydroxylation is 2. The standard InChI is InChI=1S/C17H33N5S/c1-6-18-17(19-11-9-10-12-22(7-2)8-3)20-13-16-21-14(4)15(5)23-16/h6-13H2,1-5H3,(H2,18,19,20). The Balaban J connectivity index is 2.35. The number of nitrogens with zero attached hydrogens (tertiary/aromatic N) is 3. The second-order valence-corrected chi connectivity index (χ2v) is 6.89. The predicted octanol–water partition coefficient (Wildman–Crippen LogP) is 2.94. The van der Waals surface area contributed by atoms with E-state index in [9.17, 15) is 0 Å². The Bertz CT molecular complexity index is 446. The van der Waals surface area contributed by atoms with E-state index >= 15 is 0 Å². The van der Waals surface area contributed by atoms with Crippen molar-refractivity contribution in [3.8, 4) is 0 Å². The predicted molar refractivity (Wildman–Crippen MR) is 101 cm³/mol. The molecule has 0 bridgehead atoms. The molecule has 132 valence electrons. The molecule has 1 heterocycles. The highest BCUT2D eigenvalue weighted by Crippen LogP contribution is 2.16. The summed E-state index contributed by atoms with van der Waals surface area (Å²) in [5.74, 6) is 0.890.